The first kappa shape index (κ1) is 37.3. The molecule has 0 heterocycles. The molecule has 1 unspecified atom stereocenters. The maximum atomic E-state index is 12.9. The topological polar surface area (TPSA) is 74.2 Å². The monoisotopic (exact) mass is 664 g/mol. The summed E-state index contributed by atoms with van der Waals surface area (Å²) in [4.78, 5) is 12.9. The van der Waals surface area contributed by atoms with Crippen molar-refractivity contribution in [1.82, 2.24) is 0 Å². The summed E-state index contributed by atoms with van der Waals surface area (Å²) >= 11 is 0. The van der Waals surface area contributed by atoms with Gasteiger partial charge >= 0.3 is 5.97 Å². The highest BCUT2D eigenvalue weighted by molar-refractivity contribution is 5.73. The summed E-state index contributed by atoms with van der Waals surface area (Å²) < 4.78 is 23.8. The van der Waals surface area contributed by atoms with E-state index in [-0.39, 0.29) is 5.97 Å². The number of esters is 1. The lowest BCUT2D eigenvalue weighted by Gasteiger charge is -2.16. The molecule has 0 fully saturated rings. The van der Waals surface area contributed by atoms with Crippen LogP contribution in [0.15, 0.2) is 103 Å². The van der Waals surface area contributed by atoms with E-state index in [4.69, 9.17) is 18.9 Å². The molecule has 0 saturated carbocycles. The van der Waals surface area contributed by atoms with E-state index in [0.29, 0.717) is 54.8 Å². The minimum absolute atomic E-state index is 0.300. The van der Waals surface area contributed by atoms with Crippen LogP contribution < -0.4 is 18.9 Å². The van der Waals surface area contributed by atoms with Gasteiger partial charge in [0.2, 0.25) is 0 Å². The van der Waals surface area contributed by atoms with E-state index >= 15 is 0 Å². The van der Waals surface area contributed by atoms with Crippen LogP contribution in [0.3, 0.4) is 0 Å². The molecule has 0 aliphatic heterocycles. The van der Waals surface area contributed by atoms with Gasteiger partial charge in [-0.2, -0.15) is 0 Å². The van der Waals surface area contributed by atoms with Crippen LogP contribution >= 0.6 is 0 Å². The molecule has 260 valence electrons. The maximum absolute atomic E-state index is 12.9. The third kappa shape index (κ3) is 13.5. The molecular weight excluding hydrogens is 612 g/mol. The largest absolute Gasteiger partial charge is 0.494 e. The first-order chi connectivity index (χ1) is 24.1. The number of benzene rings is 4. The molecule has 0 aliphatic carbocycles. The molecule has 0 amide bonds. The van der Waals surface area contributed by atoms with Gasteiger partial charge in [-0.3, -0.25) is 4.79 Å². The Bertz CT molecular complexity index is 1550. The van der Waals surface area contributed by atoms with Crippen LogP contribution in [0, 0.1) is 0 Å². The summed E-state index contributed by atoms with van der Waals surface area (Å²) in [7, 11) is 0. The van der Waals surface area contributed by atoms with Crippen molar-refractivity contribution in [3.63, 3.8) is 0 Å². The fourth-order valence-electron chi connectivity index (χ4n) is 5.50. The number of hydrogen-bond donors (Lipinski definition) is 1. The second-order valence-electron chi connectivity index (χ2n) is 12.2. The van der Waals surface area contributed by atoms with Crippen molar-refractivity contribution in [2.45, 2.75) is 97.4 Å². The van der Waals surface area contributed by atoms with E-state index in [9.17, 15) is 9.90 Å². The van der Waals surface area contributed by atoms with Crippen molar-refractivity contribution in [2.24, 2.45) is 0 Å². The van der Waals surface area contributed by atoms with Gasteiger partial charge in [-0.15, -0.1) is 0 Å². The zero-order valence-corrected chi connectivity index (χ0v) is 29.2. The third-order valence-corrected chi connectivity index (χ3v) is 8.25. The maximum Gasteiger partial charge on any atom is 0.311 e. The first-order valence-corrected chi connectivity index (χ1v) is 17.9. The quantitative estimate of drug-likeness (QED) is 0.0512. The lowest BCUT2D eigenvalue weighted by molar-refractivity contribution is -0.134. The molecule has 6 heteroatoms. The van der Waals surface area contributed by atoms with Crippen LogP contribution in [0.1, 0.15) is 106 Å². The van der Waals surface area contributed by atoms with Gasteiger partial charge < -0.3 is 24.1 Å². The number of carbonyl (C=O) groups excluding carboxylic acids is 1. The summed E-state index contributed by atoms with van der Waals surface area (Å²) in [5.74, 6) is 1.87. The average molecular weight is 665 g/mol. The molecule has 4 rings (SSSR count). The van der Waals surface area contributed by atoms with Crippen LogP contribution in [0.2, 0.25) is 0 Å². The highest BCUT2D eigenvalue weighted by Crippen LogP contribution is 2.33. The van der Waals surface area contributed by atoms with Crippen molar-refractivity contribution < 1.29 is 28.8 Å². The predicted molar refractivity (Wildman–Crippen MR) is 197 cm³/mol. The summed E-state index contributed by atoms with van der Waals surface area (Å²) in [6.45, 7) is 5.42. The van der Waals surface area contributed by atoms with E-state index in [1.165, 1.54) is 38.5 Å². The molecule has 49 heavy (non-hydrogen) atoms. The number of carbonyl (C=O) groups is 1. The molecule has 0 radical (unpaired) electrons. The molecule has 0 saturated heterocycles. The Morgan fingerprint density at radius 1 is 0.653 bits per heavy atom. The molecule has 0 aromatic heterocycles. The van der Waals surface area contributed by atoms with Gasteiger partial charge in [0.15, 0.2) is 0 Å². The van der Waals surface area contributed by atoms with Crippen molar-refractivity contribution in [3.8, 4) is 23.0 Å². The minimum atomic E-state index is -1.04. The van der Waals surface area contributed by atoms with Crippen molar-refractivity contribution in [1.29, 1.82) is 0 Å². The molecule has 6 nitrogen and oxygen atoms in total. The zero-order valence-electron chi connectivity index (χ0n) is 29.2. The van der Waals surface area contributed by atoms with Crippen molar-refractivity contribution >= 4 is 12.0 Å². The van der Waals surface area contributed by atoms with Crippen LogP contribution in [-0.4, -0.2) is 17.7 Å². The number of hydrogen-bond acceptors (Lipinski definition) is 6. The average Bonchev–Trinajstić information content (AvgIpc) is 3.13. The number of aliphatic hydroxyl groups excluding tert-OH is 1. The molecule has 4 aromatic rings. The number of aliphatic hydroxyl groups is 1. The standard InChI is InChI=1S/C43H52O6/c1-3-5-6-7-8-9-10-11-18-23-43(45)49-42-31-37(46-4-2)27-28-39(42)40(44)29-25-36-24-26-38(47-32-34-19-14-12-15-20-34)30-41(36)48-33-35-21-16-13-17-22-35/h12-17,19-22,24-31,40,44H,3-11,18,23,32-33H2,1-2H3. The normalized spacial score (nSPS) is 11.7. The molecule has 0 spiro atoms. The van der Waals surface area contributed by atoms with Gasteiger partial charge in [0.05, 0.1) is 6.61 Å². The van der Waals surface area contributed by atoms with Gasteiger partial charge in [0.25, 0.3) is 0 Å². The third-order valence-electron chi connectivity index (χ3n) is 8.25. The number of unbranched alkanes of at least 4 members (excludes halogenated alkanes) is 8. The Kier molecular flexibility index (Phi) is 16.3. The second-order valence-corrected chi connectivity index (χ2v) is 12.2. The van der Waals surface area contributed by atoms with Gasteiger partial charge in [-0.25, -0.2) is 0 Å². The highest BCUT2D eigenvalue weighted by Gasteiger charge is 2.16. The van der Waals surface area contributed by atoms with Crippen LogP contribution in [0.25, 0.3) is 6.08 Å². The van der Waals surface area contributed by atoms with Crippen LogP contribution in [0.4, 0.5) is 0 Å². The summed E-state index contributed by atoms with van der Waals surface area (Å²) in [6, 6.07) is 30.8. The van der Waals surface area contributed by atoms with E-state index in [1.807, 2.05) is 91.9 Å². The fourth-order valence-corrected chi connectivity index (χ4v) is 5.50. The summed E-state index contributed by atoms with van der Waals surface area (Å²) in [5, 5.41) is 11.3. The Morgan fingerprint density at radius 2 is 1.22 bits per heavy atom. The summed E-state index contributed by atoms with van der Waals surface area (Å²) in [5.41, 5.74) is 3.37. The zero-order chi connectivity index (χ0) is 34.5. The predicted octanol–water partition coefficient (Wildman–Crippen LogP) is 10.8. The fraction of sp³-hybridized carbons (Fsp3) is 0.372. The van der Waals surface area contributed by atoms with E-state index in [1.54, 1.807) is 24.3 Å². The SMILES string of the molecule is CCCCCCCCCCCC(=O)Oc1cc(OCC)ccc1C(O)C=Cc1ccc(OCc2ccccc2)cc1OCc1ccccc1. The van der Waals surface area contributed by atoms with Crippen LogP contribution in [0.5, 0.6) is 23.0 Å². The van der Waals surface area contributed by atoms with E-state index in [0.717, 1.165) is 36.0 Å². The molecule has 1 atom stereocenters. The number of rotatable bonds is 22. The smallest absolute Gasteiger partial charge is 0.311 e. The number of ether oxygens (including phenoxy) is 4. The molecule has 4 aromatic carbocycles. The van der Waals surface area contributed by atoms with Gasteiger partial charge in [-0.1, -0.05) is 131 Å². The van der Waals surface area contributed by atoms with Gasteiger partial charge in [0, 0.05) is 29.7 Å². The Balaban J connectivity index is 1.43. The van der Waals surface area contributed by atoms with Gasteiger partial charge in [0.1, 0.15) is 42.3 Å². The summed E-state index contributed by atoms with van der Waals surface area (Å²) in [6.07, 6.45) is 13.3. The van der Waals surface area contributed by atoms with Crippen LogP contribution in [-0.2, 0) is 18.0 Å². The van der Waals surface area contributed by atoms with Crippen molar-refractivity contribution in [2.75, 3.05) is 6.61 Å². The lowest BCUT2D eigenvalue weighted by Crippen LogP contribution is -2.10. The Morgan fingerprint density at radius 3 is 1.88 bits per heavy atom. The second kappa shape index (κ2) is 21.4. The highest BCUT2D eigenvalue weighted by atomic mass is 16.5. The minimum Gasteiger partial charge on any atom is -0.494 e. The van der Waals surface area contributed by atoms with E-state index in [2.05, 4.69) is 6.92 Å². The van der Waals surface area contributed by atoms with Gasteiger partial charge in [-0.05, 0) is 48.7 Å². The molecule has 0 aliphatic rings. The first-order valence-electron chi connectivity index (χ1n) is 17.9. The Hall–Kier alpha value is -4.55. The van der Waals surface area contributed by atoms with Crippen molar-refractivity contribution in [3.05, 3.63) is 125 Å². The Labute approximate surface area is 292 Å². The molecule has 0 bridgehead atoms. The van der Waals surface area contributed by atoms with E-state index < -0.39 is 6.10 Å². The molecule has 1 N–H and O–H groups in total. The molecular formula is C43H52O6. The lowest BCUT2D eigenvalue weighted by atomic mass is 10.1.